The lowest BCUT2D eigenvalue weighted by Crippen LogP contribution is -2.15. The number of rotatable bonds is 7. The molecule has 3 heterocycles. The molecule has 1 atom stereocenters. The van der Waals surface area contributed by atoms with Gasteiger partial charge in [-0.05, 0) is 42.9 Å². The van der Waals surface area contributed by atoms with Gasteiger partial charge in [-0.15, -0.1) is 21.5 Å². The highest BCUT2D eigenvalue weighted by molar-refractivity contribution is 7.99. The molecule has 10 heteroatoms. The van der Waals surface area contributed by atoms with Crippen molar-refractivity contribution < 1.29 is 14.3 Å². The molecule has 0 saturated heterocycles. The molecule has 0 radical (unpaired) electrons. The number of nitrogens with zero attached hydrogens (tertiary/aromatic N) is 4. The fraction of sp³-hybridized carbons (Fsp3) is 0.417. The molecule has 1 N–H and O–H groups in total. The van der Waals surface area contributed by atoms with E-state index in [1.54, 1.807) is 43.8 Å². The van der Waals surface area contributed by atoms with Crippen LogP contribution in [0.5, 0.6) is 11.5 Å². The van der Waals surface area contributed by atoms with Crippen LogP contribution in [-0.4, -0.2) is 45.5 Å². The number of thiophene rings is 1. The fourth-order valence-electron chi connectivity index (χ4n) is 4.43. The number of hydrogen-bond donors (Lipinski definition) is 1. The number of aromatic nitrogens is 4. The van der Waals surface area contributed by atoms with Crippen molar-refractivity contribution in [2.24, 2.45) is 5.92 Å². The van der Waals surface area contributed by atoms with E-state index < -0.39 is 0 Å². The number of nitrogens with one attached hydrogen (secondary N) is 1. The van der Waals surface area contributed by atoms with Gasteiger partial charge < -0.3 is 14.8 Å². The number of fused-ring (bicyclic) bond motifs is 5. The van der Waals surface area contributed by atoms with E-state index in [1.807, 2.05) is 4.40 Å². The summed E-state index contributed by atoms with van der Waals surface area (Å²) in [6.45, 7) is 4.40. The molecule has 34 heavy (non-hydrogen) atoms. The average Bonchev–Trinajstić information content (AvgIpc) is 3.42. The Morgan fingerprint density at radius 3 is 2.91 bits per heavy atom. The second kappa shape index (κ2) is 9.42. The van der Waals surface area contributed by atoms with Crippen LogP contribution in [0.2, 0.25) is 0 Å². The minimum absolute atomic E-state index is 0.154. The van der Waals surface area contributed by atoms with Crippen molar-refractivity contribution in [1.29, 1.82) is 0 Å². The molecular formula is C24H27N5O3S2. The third-order valence-corrected chi connectivity index (χ3v) is 8.25. The molecule has 8 nitrogen and oxygen atoms in total. The van der Waals surface area contributed by atoms with Crippen molar-refractivity contribution in [1.82, 2.24) is 19.6 Å². The number of aryl methyl sites for hydroxylation is 2. The Kier molecular flexibility index (Phi) is 6.35. The summed E-state index contributed by atoms with van der Waals surface area (Å²) in [5, 5.41) is 13.7. The Morgan fingerprint density at radius 2 is 2.15 bits per heavy atom. The highest BCUT2D eigenvalue weighted by Crippen LogP contribution is 2.39. The first-order chi connectivity index (χ1) is 16.5. The van der Waals surface area contributed by atoms with Crippen LogP contribution in [0, 0.1) is 5.92 Å². The summed E-state index contributed by atoms with van der Waals surface area (Å²) in [4.78, 5) is 20.2. The van der Waals surface area contributed by atoms with Gasteiger partial charge in [0, 0.05) is 17.4 Å². The van der Waals surface area contributed by atoms with E-state index in [-0.39, 0.29) is 11.7 Å². The Bertz CT molecular complexity index is 1380. The molecule has 0 unspecified atom stereocenters. The number of carbonyl (C=O) groups is 1. The average molecular weight is 498 g/mol. The number of methoxy groups -OCH3 is 2. The van der Waals surface area contributed by atoms with Gasteiger partial charge in [0.15, 0.2) is 10.8 Å². The highest BCUT2D eigenvalue weighted by Gasteiger charge is 2.25. The largest absolute Gasteiger partial charge is 0.497 e. The monoisotopic (exact) mass is 497 g/mol. The zero-order chi connectivity index (χ0) is 23.8. The van der Waals surface area contributed by atoms with Crippen molar-refractivity contribution in [3.8, 4) is 11.5 Å². The second-order valence-corrected chi connectivity index (χ2v) is 10.5. The quantitative estimate of drug-likeness (QED) is 0.368. The molecule has 0 saturated carbocycles. The third kappa shape index (κ3) is 4.09. The van der Waals surface area contributed by atoms with E-state index in [0.717, 1.165) is 41.0 Å². The number of hydrogen-bond acceptors (Lipinski definition) is 8. The Hall–Kier alpha value is -2.85. The lowest BCUT2D eigenvalue weighted by molar-refractivity contribution is -0.113. The second-order valence-electron chi connectivity index (χ2n) is 8.46. The predicted octanol–water partition coefficient (Wildman–Crippen LogP) is 4.77. The summed E-state index contributed by atoms with van der Waals surface area (Å²) < 4.78 is 12.6. The van der Waals surface area contributed by atoms with Crippen LogP contribution < -0.4 is 14.8 Å². The molecule has 1 aliphatic rings. The summed E-state index contributed by atoms with van der Waals surface area (Å²) in [6.07, 6.45) is 4.10. The number of amides is 1. The van der Waals surface area contributed by atoms with E-state index in [1.165, 1.54) is 28.6 Å². The number of ether oxygens (including phenoxy) is 2. The standard InChI is InChI=1S/C24H27N5O3S2/c1-5-19-26-23-21(15-8-6-13(2)10-18(15)34-23)22-27-28-24(29(19)22)33-12-20(30)25-16-9-7-14(31-3)11-17(16)32-4/h7,9,11,13H,5-6,8,10,12H2,1-4H3,(H,25,30)/t13-/m1/s1. The summed E-state index contributed by atoms with van der Waals surface area (Å²) in [5.41, 5.74) is 2.83. The first-order valence-corrected chi connectivity index (χ1v) is 13.2. The SMILES string of the molecule is CCc1nc2sc3c(c2c2nnc(SCC(=O)Nc4ccc(OC)cc4OC)n12)CC[C@@H](C)C3. The number of benzene rings is 1. The highest BCUT2D eigenvalue weighted by atomic mass is 32.2. The fourth-order valence-corrected chi connectivity index (χ4v) is 6.57. The first kappa shape index (κ1) is 22.9. The summed E-state index contributed by atoms with van der Waals surface area (Å²) in [6, 6.07) is 5.29. The Balaban J connectivity index is 1.41. The number of carbonyl (C=O) groups excluding carboxylic acids is 1. The number of anilines is 1. The lowest BCUT2D eigenvalue weighted by Gasteiger charge is -2.17. The molecule has 5 rings (SSSR count). The smallest absolute Gasteiger partial charge is 0.234 e. The molecule has 178 valence electrons. The van der Waals surface area contributed by atoms with E-state index >= 15 is 0 Å². The molecule has 1 aliphatic carbocycles. The van der Waals surface area contributed by atoms with Gasteiger partial charge in [-0.1, -0.05) is 25.6 Å². The zero-order valence-corrected chi connectivity index (χ0v) is 21.3. The third-order valence-electron chi connectivity index (χ3n) is 6.17. The van der Waals surface area contributed by atoms with Crippen molar-refractivity contribution in [3.63, 3.8) is 0 Å². The van der Waals surface area contributed by atoms with E-state index in [9.17, 15) is 4.79 Å². The maximum atomic E-state index is 12.7. The molecule has 1 aromatic carbocycles. The summed E-state index contributed by atoms with van der Waals surface area (Å²) in [7, 11) is 3.15. The predicted molar refractivity (Wildman–Crippen MR) is 136 cm³/mol. The molecule has 0 fully saturated rings. The van der Waals surface area contributed by atoms with Gasteiger partial charge in [0.1, 0.15) is 22.2 Å². The van der Waals surface area contributed by atoms with Gasteiger partial charge >= 0.3 is 0 Å². The molecule has 3 aromatic heterocycles. The van der Waals surface area contributed by atoms with Gasteiger partial charge in [0.2, 0.25) is 5.91 Å². The van der Waals surface area contributed by atoms with Crippen LogP contribution in [0.4, 0.5) is 5.69 Å². The molecule has 1 amide bonds. The Morgan fingerprint density at radius 1 is 1.29 bits per heavy atom. The zero-order valence-electron chi connectivity index (χ0n) is 19.7. The van der Waals surface area contributed by atoms with Crippen molar-refractivity contribution in [2.75, 3.05) is 25.3 Å². The molecule has 4 aromatic rings. The van der Waals surface area contributed by atoms with Crippen LogP contribution >= 0.6 is 23.1 Å². The normalized spacial score (nSPS) is 15.5. The van der Waals surface area contributed by atoms with Crippen LogP contribution in [-0.2, 0) is 24.1 Å². The number of thioether (sulfide) groups is 1. The topological polar surface area (TPSA) is 90.6 Å². The summed E-state index contributed by atoms with van der Waals surface area (Å²) in [5.74, 6) is 2.86. The molecule has 0 bridgehead atoms. The van der Waals surface area contributed by atoms with Gasteiger partial charge in [-0.3, -0.25) is 9.20 Å². The minimum Gasteiger partial charge on any atom is -0.497 e. The van der Waals surface area contributed by atoms with Gasteiger partial charge in [-0.25, -0.2) is 4.98 Å². The maximum Gasteiger partial charge on any atom is 0.234 e. The van der Waals surface area contributed by atoms with Crippen LogP contribution in [0.15, 0.2) is 23.4 Å². The molecular weight excluding hydrogens is 470 g/mol. The van der Waals surface area contributed by atoms with Crippen LogP contribution in [0.25, 0.3) is 15.9 Å². The van der Waals surface area contributed by atoms with Crippen LogP contribution in [0.3, 0.4) is 0 Å². The first-order valence-electron chi connectivity index (χ1n) is 11.3. The van der Waals surface area contributed by atoms with Crippen molar-refractivity contribution in [2.45, 2.75) is 44.7 Å². The maximum absolute atomic E-state index is 12.7. The van der Waals surface area contributed by atoms with Gasteiger partial charge in [0.05, 0.1) is 31.0 Å². The van der Waals surface area contributed by atoms with Gasteiger partial charge in [-0.2, -0.15) is 0 Å². The minimum atomic E-state index is -0.154. The lowest BCUT2D eigenvalue weighted by atomic mass is 9.89. The van der Waals surface area contributed by atoms with Crippen molar-refractivity contribution >= 4 is 50.6 Å². The molecule has 0 aliphatic heterocycles. The Labute approximate surface area is 206 Å². The van der Waals surface area contributed by atoms with E-state index in [0.29, 0.717) is 28.3 Å². The van der Waals surface area contributed by atoms with E-state index in [4.69, 9.17) is 14.5 Å². The van der Waals surface area contributed by atoms with E-state index in [2.05, 4.69) is 29.4 Å². The van der Waals surface area contributed by atoms with Crippen LogP contribution in [0.1, 0.15) is 36.5 Å². The summed E-state index contributed by atoms with van der Waals surface area (Å²) >= 11 is 3.16. The van der Waals surface area contributed by atoms with Gasteiger partial charge in [0.25, 0.3) is 0 Å². The molecule has 0 spiro atoms. The van der Waals surface area contributed by atoms with Crippen molar-refractivity contribution in [3.05, 3.63) is 34.5 Å².